The molecule has 1 aromatic heterocycles. The lowest BCUT2D eigenvalue weighted by atomic mass is 10.2. The largest absolute Gasteiger partial charge is 0.469 e. The fraction of sp³-hybridized carbons (Fsp3) is 0.500. The van der Waals surface area contributed by atoms with Crippen LogP contribution in [0, 0.1) is 0 Å². The maximum absolute atomic E-state index is 10.7. The van der Waals surface area contributed by atoms with Crippen molar-refractivity contribution in [2.24, 2.45) is 0 Å². The number of esters is 1. The first-order valence-electron chi connectivity index (χ1n) is 3.78. The number of carbonyl (C=O) groups excluding carboxylic acids is 1. The third-order valence-electron chi connectivity index (χ3n) is 1.48. The third-order valence-corrected chi connectivity index (χ3v) is 1.48. The summed E-state index contributed by atoms with van der Waals surface area (Å²) in [5.74, 6) is 0.473. The van der Waals surface area contributed by atoms with Gasteiger partial charge >= 0.3 is 5.97 Å². The molecule has 0 saturated carbocycles. The molecule has 4 nitrogen and oxygen atoms in total. The lowest BCUT2D eigenvalue weighted by molar-refractivity contribution is -0.140. The van der Waals surface area contributed by atoms with Gasteiger partial charge in [-0.2, -0.15) is 0 Å². The minimum atomic E-state index is -0.193. The normalized spacial score (nSPS) is 9.75. The van der Waals surface area contributed by atoms with Gasteiger partial charge in [-0.25, -0.2) is 4.98 Å². The molecule has 0 bridgehead atoms. The first kappa shape index (κ1) is 8.77. The highest BCUT2D eigenvalue weighted by Gasteiger charge is 2.02. The third kappa shape index (κ3) is 2.74. The number of carbonyl (C=O) groups is 1. The molecule has 1 rings (SSSR count). The van der Waals surface area contributed by atoms with Crippen molar-refractivity contribution in [3.05, 3.63) is 18.4 Å². The molecule has 1 heterocycles. The molecular formula is C8H11NO3. The number of ether oxygens (including phenoxy) is 1. The van der Waals surface area contributed by atoms with E-state index in [0.29, 0.717) is 25.2 Å². The van der Waals surface area contributed by atoms with E-state index in [1.165, 1.54) is 13.4 Å². The van der Waals surface area contributed by atoms with Gasteiger partial charge in [0.2, 0.25) is 0 Å². The van der Waals surface area contributed by atoms with E-state index >= 15 is 0 Å². The second kappa shape index (κ2) is 4.54. The van der Waals surface area contributed by atoms with E-state index in [-0.39, 0.29) is 5.97 Å². The van der Waals surface area contributed by atoms with Crippen molar-refractivity contribution >= 4 is 5.97 Å². The smallest absolute Gasteiger partial charge is 0.305 e. The molecule has 0 aliphatic heterocycles. The van der Waals surface area contributed by atoms with Crippen LogP contribution in [0.5, 0.6) is 0 Å². The summed E-state index contributed by atoms with van der Waals surface area (Å²) in [6, 6.07) is 0. The van der Waals surface area contributed by atoms with Gasteiger partial charge in [0.15, 0.2) is 5.89 Å². The Labute approximate surface area is 70.5 Å². The predicted molar refractivity (Wildman–Crippen MR) is 41.5 cm³/mol. The van der Waals surface area contributed by atoms with Gasteiger partial charge in [-0.05, 0) is 6.42 Å². The minimum absolute atomic E-state index is 0.193. The van der Waals surface area contributed by atoms with Crippen molar-refractivity contribution in [3.8, 4) is 0 Å². The Bertz CT molecular complexity index is 230. The minimum Gasteiger partial charge on any atom is -0.469 e. The van der Waals surface area contributed by atoms with Crippen LogP contribution in [0.2, 0.25) is 0 Å². The molecule has 0 fully saturated rings. The maximum atomic E-state index is 10.7. The Morgan fingerprint density at radius 1 is 1.75 bits per heavy atom. The second-order valence-electron chi connectivity index (χ2n) is 2.36. The molecule has 0 radical (unpaired) electrons. The number of hydrogen-bond acceptors (Lipinski definition) is 4. The molecule has 66 valence electrons. The average Bonchev–Trinajstić information content (AvgIpc) is 2.57. The van der Waals surface area contributed by atoms with Crippen LogP contribution in [0.4, 0.5) is 0 Å². The molecule has 0 saturated heterocycles. The van der Waals surface area contributed by atoms with Crippen LogP contribution in [-0.2, 0) is 16.0 Å². The topological polar surface area (TPSA) is 52.3 Å². The SMILES string of the molecule is COC(=O)CCCc1ncco1. The molecule has 1 aromatic rings. The van der Waals surface area contributed by atoms with Crippen LogP contribution in [0.15, 0.2) is 16.9 Å². The highest BCUT2D eigenvalue weighted by Crippen LogP contribution is 2.02. The Hall–Kier alpha value is -1.32. The molecule has 0 amide bonds. The van der Waals surface area contributed by atoms with Crippen LogP contribution in [0.25, 0.3) is 0 Å². The summed E-state index contributed by atoms with van der Waals surface area (Å²) in [5.41, 5.74) is 0. The molecule has 0 unspecified atom stereocenters. The van der Waals surface area contributed by atoms with E-state index in [9.17, 15) is 4.79 Å². The average molecular weight is 169 g/mol. The Balaban J connectivity index is 2.15. The number of oxazole rings is 1. The van der Waals surface area contributed by atoms with Gasteiger partial charge in [-0.1, -0.05) is 0 Å². The van der Waals surface area contributed by atoms with Crippen molar-refractivity contribution in [1.82, 2.24) is 4.98 Å². The van der Waals surface area contributed by atoms with Gasteiger partial charge in [0.05, 0.1) is 13.3 Å². The van der Waals surface area contributed by atoms with Gasteiger partial charge in [0.1, 0.15) is 6.26 Å². The van der Waals surface area contributed by atoms with E-state index in [1.807, 2.05) is 0 Å². The molecule has 0 N–H and O–H groups in total. The van der Waals surface area contributed by atoms with Gasteiger partial charge in [0.25, 0.3) is 0 Å². The van der Waals surface area contributed by atoms with Crippen LogP contribution in [0.3, 0.4) is 0 Å². The summed E-state index contributed by atoms with van der Waals surface area (Å²) in [5, 5.41) is 0. The van der Waals surface area contributed by atoms with Crippen molar-refractivity contribution in [1.29, 1.82) is 0 Å². The van der Waals surface area contributed by atoms with E-state index < -0.39 is 0 Å². The second-order valence-corrected chi connectivity index (χ2v) is 2.36. The summed E-state index contributed by atoms with van der Waals surface area (Å²) >= 11 is 0. The van der Waals surface area contributed by atoms with Crippen molar-refractivity contribution in [2.75, 3.05) is 7.11 Å². The molecular weight excluding hydrogens is 158 g/mol. The highest BCUT2D eigenvalue weighted by atomic mass is 16.5. The highest BCUT2D eigenvalue weighted by molar-refractivity contribution is 5.68. The van der Waals surface area contributed by atoms with Crippen molar-refractivity contribution in [2.45, 2.75) is 19.3 Å². The van der Waals surface area contributed by atoms with Gasteiger partial charge in [0, 0.05) is 12.8 Å². The number of methoxy groups -OCH3 is 1. The fourth-order valence-electron chi connectivity index (χ4n) is 0.862. The quantitative estimate of drug-likeness (QED) is 0.635. The molecule has 0 spiro atoms. The molecule has 12 heavy (non-hydrogen) atoms. The lowest BCUT2D eigenvalue weighted by Gasteiger charge is -1.95. The van der Waals surface area contributed by atoms with Gasteiger partial charge < -0.3 is 9.15 Å². The van der Waals surface area contributed by atoms with E-state index in [4.69, 9.17) is 4.42 Å². The molecule has 0 aromatic carbocycles. The predicted octanol–water partition coefficient (Wildman–Crippen LogP) is 1.17. The van der Waals surface area contributed by atoms with Crippen LogP contribution >= 0.6 is 0 Å². The van der Waals surface area contributed by atoms with Crippen molar-refractivity contribution < 1.29 is 13.9 Å². The molecule has 0 aliphatic rings. The van der Waals surface area contributed by atoms with E-state index in [2.05, 4.69) is 9.72 Å². The van der Waals surface area contributed by atoms with Gasteiger partial charge in [-0.15, -0.1) is 0 Å². The molecule has 4 heteroatoms. The Morgan fingerprint density at radius 3 is 3.17 bits per heavy atom. The summed E-state index contributed by atoms with van der Waals surface area (Å²) in [6.07, 6.45) is 4.93. The van der Waals surface area contributed by atoms with Gasteiger partial charge in [-0.3, -0.25) is 4.79 Å². The first-order chi connectivity index (χ1) is 5.83. The van der Waals surface area contributed by atoms with E-state index in [0.717, 1.165) is 0 Å². The monoisotopic (exact) mass is 169 g/mol. The summed E-state index contributed by atoms with van der Waals surface area (Å²) in [6.45, 7) is 0. The number of hydrogen-bond donors (Lipinski definition) is 0. The first-order valence-corrected chi connectivity index (χ1v) is 3.78. The molecule has 0 atom stereocenters. The number of aromatic nitrogens is 1. The lowest BCUT2D eigenvalue weighted by Crippen LogP contribution is -2.00. The number of aryl methyl sites for hydroxylation is 1. The van der Waals surface area contributed by atoms with Crippen LogP contribution in [-0.4, -0.2) is 18.1 Å². The number of nitrogens with zero attached hydrogens (tertiary/aromatic N) is 1. The van der Waals surface area contributed by atoms with Crippen LogP contribution < -0.4 is 0 Å². The Kier molecular flexibility index (Phi) is 3.32. The Morgan fingerprint density at radius 2 is 2.58 bits per heavy atom. The maximum Gasteiger partial charge on any atom is 0.305 e. The zero-order valence-corrected chi connectivity index (χ0v) is 6.95. The van der Waals surface area contributed by atoms with Crippen molar-refractivity contribution in [3.63, 3.8) is 0 Å². The van der Waals surface area contributed by atoms with E-state index in [1.54, 1.807) is 6.20 Å². The summed E-state index contributed by atoms with van der Waals surface area (Å²) in [4.78, 5) is 14.6. The standard InChI is InChI=1S/C8H11NO3/c1-11-8(10)4-2-3-7-9-5-6-12-7/h5-6H,2-4H2,1H3. The van der Waals surface area contributed by atoms with Crippen LogP contribution in [0.1, 0.15) is 18.7 Å². The summed E-state index contributed by atoms with van der Waals surface area (Å²) in [7, 11) is 1.38. The zero-order valence-electron chi connectivity index (χ0n) is 6.95. The fourth-order valence-corrected chi connectivity index (χ4v) is 0.862. The zero-order chi connectivity index (χ0) is 8.81. The number of rotatable bonds is 4. The molecule has 0 aliphatic carbocycles. The summed E-state index contributed by atoms with van der Waals surface area (Å²) < 4.78 is 9.47.